The molecule has 0 atom stereocenters. The van der Waals surface area contributed by atoms with Crippen molar-refractivity contribution in [1.29, 1.82) is 0 Å². The number of hydrogen-bond donors (Lipinski definition) is 2. The molecule has 2 N–H and O–H groups in total. The molecule has 0 fully saturated rings. The summed E-state index contributed by atoms with van der Waals surface area (Å²) in [5, 5.41) is 0. The van der Waals surface area contributed by atoms with Crippen LogP contribution >= 0.6 is 11.8 Å². The second-order valence-electron chi connectivity index (χ2n) is 6.32. The molecule has 0 amide bonds. The maximum atomic E-state index is 9.45. The summed E-state index contributed by atoms with van der Waals surface area (Å²) < 4.78 is 9.22. The highest BCUT2D eigenvalue weighted by Gasteiger charge is 2.29. The van der Waals surface area contributed by atoms with Crippen molar-refractivity contribution >= 4 is 20.6 Å². The summed E-state index contributed by atoms with van der Waals surface area (Å²) >= 11 is 1.85. The number of aromatic nitrogens is 2. The molecule has 0 radical (unpaired) electrons. The van der Waals surface area contributed by atoms with Crippen LogP contribution in [0.4, 0.5) is 0 Å². The van der Waals surface area contributed by atoms with Crippen LogP contribution in [-0.2, 0) is 17.5 Å². The number of thioether (sulfide) groups is 1. The van der Waals surface area contributed by atoms with E-state index >= 15 is 0 Å². The molecule has 0 unspecified atom stereocenters. The van der Waals surface area contributed by atoms with Crippen LogP contribution in [0.5, 0.6) is 0 Å². The van der Waals surface area contributed by atoms with Gasteiger partial charge in [-0.2, -0.15) is 11.8 Å². The highest BCUT2D eigenvalue weighted by Crippen LogP contribution is 2.11. The standard InChI is InChI=1S/C17H35N2O3SSi/c1-3-4-5-6-7-8-10-18-11-12-19(17-18)13-15-23-14-9-16-24(20,21)22-2/h11-12,17,20-21H,3-10,13-16H2,1-2H3/q+1. The van der Waals surface area contributed by atoms with Crippen LogP contribution in [0.1, 0.15) is 51.9 Å². The number of imidazole rings is 1. The number of rotatable bonds is 15. The number of aryl methyl sites for hydroxylation is 2. The van der Waals surface area contributed by atoms with Gasteiger partial charge in [-0.15, -0.1) is 0 Å². The summed E-state index contributed by atoms with van der Waals surface area (Å²) in [4.78, 5) is 18.9. The molecule has 1 aromatic heterocycles. The second-order valence-corrected chi connectivity index (χ2v) is 9.94. The Morgan fingerprint density at radius 3 is 2.58 bits per heavy atom. The van der Waals surface area contributed by atoms with Crippen molar-refractivity contribution in [2.75, 3.05) is 18.6 Å². The normalized spacial score (nSPS) is 12.0. The van der Waals surface area contributed by atoms with Crippen LogP contribution in [0, 0.1) is 0 Å². The summed E-state index contributed by atoms with van der Waals surface area (Å²) in [6.07, 6.45) is 15.3. The predicted molar refractivity (Wildman–Crippen MR) is 102 cm³/mol. The van der Waals surface area contributed by atoms with Crippen molar-refractivity contribution < 1.29 is 18.6 Å². The number of hydrogen-bond acceptors (Lipinski definition) is 4. The molecule has 0 saturated heterocycles. The molecule has 1 heterocycles. The van der Waals surface area contributed by atoms with Crippen molar-refractivity contribution in [1.82, 2.24) is 4.57 Å². The summed E-state index contributed by atoms with van der Waals surface area (Å²) in [5.41, 5.74) is 0. The predicted octanol–water partition coefficient (Wildman–Crippen LogP) is 2.83. The van der Waals surface area contributed by atoms with Gasteiger partial charge in [0.2, 0.25) is 6.33 Å². The molecule has 0 aliphatic carbocycles. The lowest BCUT2D eigenvalue weighted by molar-refractivity contribution is -0.696. The van der Waals surface area contributed by atoms with Gasteiger partial charge in [-0.05, 0) is 25.0 Å². The van der Waals surface area contributed by atoms with E-state index in [1.807, 2.05) is 11.8 Å². The summed E-state index contributed by atoms with van der Waals surface area (Å²) in [7, 11) is -1.98. The van der Waals surface area contributed by atoms with Gasteiger partial charge in [0.15, 0.2) is 0 Å². The first-order chi connectivity index (χ1) is 11.6. The highest BCUT2D eigenvalue weighted by atomic mass is 32.2. The van der Waals surface area contributed by atoms with Crippen LogP contribution in [0.3, 0.4) is 0 Å². The average Bonchev–Trinajstić information content (AvgIpc) is 3.02. The first-order valence-electron chi connectivity index (χ1n) is 9.20. The van der Waals surface area contributed by atoms with Gasteiger partial charge in [0.1, 0.15) is 12.4 Å². The van der Waals surface area contributed by atoms with Gasteiger partial charge >= 0.3 is 8.80 Å². The monoisotopic (exact) mass is 375 g/mol. The molecule has 1 rings (SSSR count). The van der Waals surface area contributed by atoms with E-state index in [2.05, 4.69) is 34.8 Å². The van der Waals surface area contributed by atoms with E-state index in [0.717, 1.165) is 31.0 Å². The van der Waals surface area contributed by atoms with Gasteiger partial charge < -0.3 is 14.0 Å². The molecule has 0 saturated carbocycles. The van der Waals surface area contributed by atoms with Gasteiger partial charge in [-0.3, -0.25) is 0 Å². The molecule has 0 aliphatic rings. The third-order valence-corrected chi connectivity index (χ3v) is 6.84. The highest BCUT2D eigenvalue weighted by molar-refractivity contribution is 7.99. The molecule has 0 aliphatic heterocycles. The maximum absolute atomic E-state index is 9.45. The zero-order chi connectivity index (χ0) is 17.7. The third-order valence-electron chi connectivity index (χ3n) is 4.13. The summed E-state index contributed by atoms with van der Waals surface area (Å²) in [6.45, 7) is 4.37. The molecule has 5 nitrogen and oxygen atoms in total. The molecule has 0 aromatic carbocycles. The molecule has 7 heteroatoms. The first kappa shape index (κ1) is 21.7. The largest absolute Gasteiger partial charge is 0.495 e. The van der Waals surface area contributed by atoms with Gasteiger partial charge in [-0.1, -0.05) is 32.6 Å². The maximum Gasteiger partial charge on any atom is 0.495 e. The van der Waals surface area contributed by atoms with Gasteiger partial charge in [0.25, 0.3) is 0 Å². The van der Waals surface area contributed by atoms with E-state index in [9.17, 15) is 9.59 Å². The fraction of sp³-hybridized carbons (Fsp3) is 0.824. The summed E-state index contributed by atoms with van der Waals surface area (Å²) in [6, 6.07) is 0.387. The molecule has 24 heavy (non-hydrogen) atoms. The number of unbranched alkanes of at least 4 members (excludes halogenated alkanes) is 5. The molecule has 140 valence electrons. The van der Waals surface area contributed by atoms with Crippen LogP contribution in [0.2, 0.25) is 6.04 Å². The molecular weight excluding hydrogens is 340 g/mol. The SMILES string of the molecule is CCCCCCCC[n+]1ccn(CCSCCC[Si](O)(O)OC)c1. The van der Waals surface area contributed by atoms with Crippen molar-refractivity contribution in [3.05, 3.63) is 18.7 Å². The lowest BCUT2D eigenvalue weighted by atomic mass is 10.1. The Balaban J connectivity index is 2.03. The van der Waals surface area contributed by atoms with Crippen LogP contribution in [0.25, 0.3) is 0 Å². The van der Waals surface area contributed by atoms with E-state index in [1.54, 1.807) is 0 Å². The lowest BCUT2D eigenvalue weighted by Crippen LogP contribution is -2.37. The molecular formula is C17H35N2O3SSi+. The Morgan fingerprint density at radius 1 is 1.08 bits per heavy atom. The van der Waals surface area contributed by atoms with Crippen molar-refractivity contribution in [2.45, 2.75) is 71.0 Å². The van der Waals surface area contributed by atoms with E-state index in [4.69, 9.17) is 4.43 Å². The minimum absolute atomic E-state index is 0.387. The van der Waals surface area contributed by atoms with E-state index < -0.39 is 8.80 Å². The fourth-order valence-electron chi connectivity index (χ4n) is 2.56. The lowest BCUT2D eigenvalue weighted by Gasteiger charge is -2.13. The zero-order valence-electron chi connectivity index (χ0n) is 15.3. The van der Waals surface area contributed by atoms with E-state index in [1.165, 1.54) is 45.6 Å². The number of nitrogens with zero attached hydrogens (tertiary/aromatic N) is 2. The smallest absolute Gasteiger partial charge is 0.390 e. The van der Waals surface area contributed by atoms with Gasteiger partial charge in [0.05, 0.1) is 13.1 Å². The van der Waals surface area contributed by atoms with Crippen molar-refractivity contribution in [3.63, 3.8) is 0 Å². The minimum Gasteiger partial charge on any atom is -0.390 e. The first-order valence-corrected chi connectivity index (χ1v) is 12.4. The van der Waals surface area contributed by atoms with Gasteiger partial charge in [0, 0.05) is 18.9 Å². The van der Waals surface area contributed by atoms with E-state index in [-0.39, 0.29) is 0 Å². The van der Waals surface area contributed by atoms with Crippen LogP contribution in [-0.4, -0.2) is 41.6 Å². The fourth-order valence-corrected chi connectivity index (χ4v) is 4.55. The average molecular weight is 376 g/mol. The van der Waals surface area contributed by atoms with Gasteiger partial charge in [-0.25, -0.2) is 9.13 Å². The molecule has 0 bridgehead atoms. The topological polar surface area (TPSA) is 58.5 Å². The Hall–Kier alpha value is -0.343. The quantitative estimate of drug-likeness (QED) is 0.281. The Labute approximate surface area is 152 Å². The Morgan fingerprint density at radius 2 is 1.83 bits per heavy atom. The van der Waals surface area contributed by atoms with Crippen molar-refractivity contribution in [2.24, 2.45) is 0 Å². The van der Waals surface area contributed by atoms with Crippen LogP contribution in [0.15, 0.2) is 18.7 Å². The molecule has 0 spiro atoms. The Kier molecular flexibility index (Phi) is 11.7. The van der Waals surface area contributed by atoms with E-state index in [0.29, 0.717) is 6.04 Å². The molecule has 1 aromatic rings. The second kappa shape index (κ2) is 12.9. The summed E-state index contributed by atoms with van der Waals surface area (Å²) in [5.74, 6) is 1.99. The minimum atomic E-state index is -3.34. The Bertz CT molecular complexity index is 430. The third kappa shape index (κ3) is 10.5. The van der Waals surface area contributed by atoms with Crippen molar-refractivity contribution in [3.8, 4) is 0 Å². The zero-order valence-corrected chi connectivity index (χ0v) is 17.1. The van der Waals surface area contributed by atoms with Crippen LogP contribution < -0.4 is 4.57 Å².